The van der Waals surface area contributed by atoms with Crippen LogP contribution in [-0.4, -0.2) is 64.7 Å². The lowest BCUT2D eigenvalue weighted by atomic mass is 10.2. The van der Waals surface area contributed by atoms with E-state index in [0.717, 1.165) is 28.9 Å². The van der Waals surface area contributed by atoms with E-state index >= 15 is 0 Å². The Hall–Kier alpha value is -2.33. The first kappa shape index (κ1) is 22.8. The Morgan fingerprint density at radius 3 is 2.75 bits per heavy atom. The van der Waals surface area contributed by atoms with Crippen molar-refractivity contribution in [3.63, 3.8) is 0 Å². The summed E-state index contributed by atoms with van der Waals surface area (Å²) in [5.41, 5.74) is 2.81. The molecule has 0 N–H and O–H groups in total. The van der Waals surface area contributed by atoms with Gasteiger partial charge >= 0.3 is 0 Å². The number of halogens is 1. The molecular weight excluding hydrogens is 450 g/mol. The van der Waals surface area contributed by atoms with Gasteiger partial charge in [0.25, 0.3) is 5.56 Å². The predicted octanol–water partition coefficient (Wildman–Crippen LogP) is 2.80. The molecule has 0 saturated carbocycles. The van der Waals surface area contributed by atoms with Gasteiger partial charge in [-0.25, -0.2) is 9.97 Å². The van der Waals surface area contributed by atoms with E-state index in [1.54, 1.807) is 18.7 Å². The summed E-state index contributed by atoms with van der Waals surface area (Å²) in [5, 5.41) is 1.25. The van der Waals surface area contributed by atoms with E-state index in [0.29, 0.717) is 47.7 Å². The highest BCUT2D eigenvalue weighted by molar-refractivity contribution is 7.22. The van der Waals surface area contributed by atoms with Crippen LogP contribution in [0.25, 0.3) is 10.2 Å². The molecule has 0 atom stereocenters. The number of morpholine rings is 1. The second-order valence-electron chi connectivity index (χ2n) is 7.95. The third-order valence-corrected chi connectivity index (χ3v) is 6.98. The number of carbonyl (C=O) groups excluding carboxylic acids is 1. The molecule has 0 unspecified atom stereocenters. The van der Waals surface area contributed by atoms with E-state index in [1.807, 2.05) is 19.1 Å². The Morgan fingerprint density at radius 2 is 2.00 bits per heavy atom. The minimum absolute atomic E-state index is 0.0915. The van der Waals surface area contributed by atoms with Gasteiger partial charge in [-0.15, -0.1) is 0 Å². The number of rotatable bonds is 6. The molecule has 170 valence electrons. The Morgan fingerprint density at radius 1 is 1.25 bits per heavy atom. The summed E-state index contributed by atoms with van der Waals surface area (Å²) in [6.07, 6.45) is 1.44. The normalized spacial score (nSPS) is 14.8. The van der Waals surface area contributed by atoms with E-state index in [1.165, 1.54) is 22.2 Å². The standard InChI is InChI=1S/C22H26ClN5O3S/c1-14-10-17(23)11-18-20(14)25-22(32-18)28(5-4-26-6-8-31-9-7-26)19(29)12-27-13-24-16(3)15(2)21(27)30/h10-11,13H,4-9,12H2,1-3H3. The lowest BCUT2D eigenvalue weighted by Crippen LogP contribution is -2.44. The first-order valence-electron chi connectivity index (χ1n) is 10.5. The van der Waals surface area contributed by atoms with Crippen LogP contribution in [0, 0.1) is 20.8 Å². The minimum Gasteiger partial charge on any atom is -0.379 e. The largest absolute Gasteiger partial charge is 0.379 e. The van der Waals surface area contributed by atoms with Crippen molar-refractivity contribution in [1.29, 1.82) is 0 Å². The molecule has 1 aliphatic rings. The van der Waals surface area contributed by atoms with Crippen LogP contribution in [0.15, 0.2) is 23.3 Å². The lowest BCUT2D eigenvalue weighted by molar-refractivity contribution is -0.119. The van der Waals surface area contributed by atoms with Crippen LogP contribution >= 0.6 is 22.9 Å². The lowest BCUT2D eigenvalue weighted by Gasteiger charge is -2.29. The summed E-state index contributed by atoms with van der Waals surface area (Å²) >= 11 is 7.66. The molecule has 3 heterocycles. The van der Waals surface area contributed by atoms with E-state index in [9.17, 15) is 9.59 Å². The van der Waals surface area contributed by atoms with E-state index in [4.69, 9.17) is 21.3 Å². The number of amides is 1. The first-order valence-corrected chi connectivity index (χ1v) is 11.7. The number of anilines is 1. The van der Waals surface area contributed by atoms with Crippen molar-refractivity contribution in [3.8, 4) is 0 Å². The van der Waals surface area contributed by atoms with Gasteiger partial charge in [-0.2, -0.15) is 0 Å². The van der Waals surface area contributed by atoms with Crippen molar-refractivity contribution in [2.24, 2.45) is 0 Å². The third kappa shape index (κ3) is 4.85. The van der Waals surface area contributed by atoms with Crippen molar-refractivity contribution < 1.29 is 9.53 Å². The molecule has 4 rings (SSSR count). The molecule has 0 radical (unpaired) electrons. The average Bonchev–Trinajstić information content (AvgIpc) is 3.19. The van der Waals surface area contributed by atoms with Crippen molar-refractivity contribution in [1.82, 2.24) is 19.4 Å². The molecule has 8 nitrogen and oxygen atoms in total. The van der Waals surface area contributed by atoms with E-state index in [2.05, 4.69) is 9.88 Å². The van der Waals surface area contributed by atoms with Crippen LogP contribution < -0.4 is 10.5 Å². The van der Waals surface area contributed by atoms with Gasteiger partial charge < -0.3 is 4.74 Å². The van der Waals surface area contributed by atoms with Gasteiger partial charge in [0.15, 0.2) is 5.13 Å². The molecule has 0 bridgehead atoms. The molecule has 3 aromatic rings. The Kier molecular flexibility index (Phi) is 6.90. The van der Waals surface area contributed by atoms with Crippen LogP contribution in [0.5, 0.6) is 0 Å². The third-order valence-electron chi connectivity index (χ3n) is 5.74. The van der Waals surface area contributed by atoms with Gasteiger partial charge in [-0.3, -0.25) is 24.0 Å². The highest BCUT2D eigenvalue weighted by atomic mass is 35.5. The molecule has 32 heavy (non-hydrogen) atoms. The highest BCUT2D eigenvalue weighted by Gasteiger charge is 2.23. The smallest absolute Gasteiger partial charge is 0.256 e. The molecular formula is C22H26ClN5O3S. The number of aromatic nitrogens is 3. The zero-order valence-electron chi connectivity index (χ0n) is 18.4. The Bertz CT molecular complexity index is 1200. The number of hydrogen-bond donors (Lipinski definition) is 0. The van der Waals surface area contributed by atoms with Crippen molar-refractivity contribution >= 4 is 44.2 Å². The topological polar surface area (TPSA) is 80.6 Å². The zero-order chi connectivity index (χ0) is 22.8. The number of thiazole rings is 1. The zero-order valence-corrected chi connectivity index (χ0v) is 20.0. The van der Waals surface area contributed by atoms with Gasteiger partial charge in [0.05, 0.1) is 29.8 Å². The maximum atomic E-state index is 13.4. The monoisotopic (exact) mass is 475 g/mol. The van der Waals surface area contributed by atoms with Crippen LogP contribution in [-0.2, 0) is 16.1 Å². The SMILES string of the molecule is Cc1ncn(CC(=O)N(CCN2CCOCC2)c2nc3c(C)cc(Cl)cc3s2)c(=O)c1C. The Balaban J connectivity index is 1.64. The number of hydrogen-bond acceptors (Lipinski definition) is 7. The van der Waals surface area contributed by atoms with Gasteiger partial charge in [-0.05, 0) is 38.5 Å². The van der Waals surface area contributed by atoms with Gasteiger partial charge in [-0.1, -0.05) is 22.9 Å². The van der Waals surface area contributed by atoms with Crippen LogP contribution in [0.1, 0.15) is 16.8 Å². The molecule has 1 aromatic carbocycles. The molecule has 0 aliphatic carbocycles. The number of fused-ring (bicyclic) bond motifs is 1. The Labute approximate surface area is 195 Å². The number of benzene rings is 1. The van der Waals surface area contributed by atoms with Crippen LogP contribution in [0.4, 0.5) is 5.13 Å². The summed E-state index contributed by atoms with van der Waals surface area (Å²) in [4.78, 5) is 39.0. The molecule has 1 fully saturated rings. The summed E-state index contributed by atoms with van der Waals surface area (Å²) in [6.45, 7) is 9.59. The quantitative estimate of drug-likeness (QED) is 0.545. The van der Waals surface area contributed by atoms with Crippen molar-refractivity contribution in [2.75, 3.05) is 44.3 Å². The van der Waals surface area contributed by atoms with Gasteiger partial charge in [0, 0.05) is 42.5 Å². The van der Waals surface area contributed by atoms with Crippen LogP contribution in [0.3, 0.4) is 0 Å². The average molecular weight is 476 g/mol. The molecule has 1 amide bonds. The molecule has 1 saturated heterocycles. The van der Waals surface area contributed by atoms with E-state index in [-0.39, 0.29) is 18.0 Å². The van der Waals surface area contributed by atoms with Gasteiger partial charge in [0.1, 0.15) is 6.54 Å². The molecule has 2 aromatic heterocycles. The minimum atomic E-state index is -0.203. The first-order chi connectivity index (χ1) is 15.3. The molecule has 0 spiro atoms. The van der Waals surface area contributed by atoms with Crippen molar-refractivity contribution in [3.05, 3.63) is 50.7 Å². The van der Waals surface area contributed by atoms with Gasteiger partial charge in [0.2, 0.25) is 5.91 Å². The van der Waals surface area contributed by atoms with E-state index < -0.39 is 0 Å². The number of nitrogens with zero attached hydrogens (tertiary/aromatic N) is 5. The highest BCUT2D eigenvalue weighted by Crippen LogP contribution is 2.33. The number of aryl methyl sites for hydroxylation is 2. The summed E-state index contributed by atoms with van der Waals surface area (Å²) in [5.74, 6) is -0.201. The molecule has 10 heteroatoms. The fraction of sp³-hybridized carbons (Fsp3) is 0.455. The summed E-state index contributed by atoms with van der Waals surface area (Å²) in [6, 6.07) is 3.74. The fourth-order valence-electron chi connectivity index (χ4n) is 3.67. The fourth-order valence-corrected chi connectivity index (χ4v) is 5.13. The maximum Gasteiger partial charge on any atom is 0.256 e. The van der Waals surface area contributed by atoms with Crippen molar-refractivity contribution in [2.45, 2.75) is 27.3 Å². The van der Waals surface area contributed by atoms with Crippen LogP contribution in [0.2, 0.25) is 5.02 Å². The second kappa shape index (κ2) is 9.66. The summed E-state index contributed by atoms with van der Waals surface area (Å²) < 4.78 is 7.72. The number of carbonyl (C=O) groups is 1. The number of ether oxygens (including phenoxy) is 1. The maximum absolute atomic E-state index is 13.4. The molecule has 1 aliphatic heterocycles. The predicted molar refractivity (Wildman–Crippen MR) is 127 cm³/mol. The summed E-state index contributed by atoms with van der Waals surface area (Å²) in [7, 11) is 0. The second-order valence-corrected chi connectivity index (χ2v) is 9.40.